The van der Waals surface area contributed by atoms with Crippen molar-refractivity contribution in [1.29, 1.82) is 0 Å². The summed E-state index contributed by atoms with van der Waals surface area (Å²) in [5.74, 6) is 0.834. The zero-order valence-corrected chi connectivity index (χ0v) is 12.9. The molecular formula is C17H28N2. The third kappa shape index (κ3) is 3.80. The van der Waals surface area contributed by atoms with E-state index < -0.39 is 0 Å². The second-order valence-corrected chi connectivity index (χ2v) is 6.47. The molecule has 0 spiro atoms. The first kappa shape index (κ1) is 14.5. The summed E-state index contributed by atoms with van der Waals surface area (Å²) >= 11 is 0. The Morgan fingerprint density at radius 1 is 1.11 bits per heavy atom. The van der Waals surface area contributed by atoms with Crippen molar-refractivity contribution in [3.63, 3.8) is 0 Å². The normalized spacial score (nSPS) is 22.6. The van der Waals surface area contributed by atoms with Gasteiger partial charge in [-0.2, -0.15) is 0 Å². The van der Waals surface area contributed by atoms with Gasteiger partial charge in [0.05, 0.1) is 0 Å². The van der Waals surface area contributed by atoms with Crippen molar-refractivity contribution in [2.45, 2.75) is 46.1 Å². The molecule has 0 bridgehead atoms. The van der Waals surface area contributed by atoms with E-state index in [0.717, 1.165) is 18.9 Å². The molecule has 0 saturated heterocycles. The molecule has 2 N–H and O–H groups in total. The monoisotopic (exact) mass is 260 g/mol. The van der Waals surface area contributed by atoms with Crippen LogP contribution in [0.25, 0.3) is 0 Å². The summed E-state index contributed by atoms with van der Waals surface area (Å²) in [6, 6.07) is 5.15. The molecule has 1 aromatic carbocycles. The summed E-state index contributed by atoms with van der Waals surface area (Å²) in [5.41, 5.74) is 11.6. The molecule has 0 unspecified atom stereocenters. The summed E-state index contributed by atoms with van der Waals surface area (Å²) in [5, 5.41) is 0. The predicted octanol–water partition coefficient (Wildman–Crippen LogP) is 2.82. The first-order chi connectivity index (χ1) is 8.95. The van der Waals surface area contributed by atoms with Crippen LogP contribution in [-0.4, -0.2) is 31.1 Å². The van der Waals surface area contributed by atoms with Crippen LogP contribution in [0.3, 0.4) is 0 Å². The molecule has 1 fully saturated rings. The number of hydrogen-bond donors (Lipinski definition) is 1. The molecule has 19 heavy (non-hydrogen) atoms. The lowest BCUT2D eigenvalue weighted by atomic mass is 9.80. The van der Waals surface area contributed by atoms with Gasteiger partial charge in [-0.25, -0.2) is 0 Å². The minimum Gasteiger partial charge on any atom is -0.328 e. The van der Waals surface area contributed by atoms with Crippen LogP contribution in [0.4, 0.5) is 0 Å². The fraction of sp³-hybridized carbons (Fsp3) is 0.647. The minimum atomic E-state index is 0.473. The van der Waals surface area contributed by atoms with Crippen LogP contribution in [0.1, 0.15) is 35.1 Å². The first-order valence-electron chi connectivity index (χ1n) is 7.46. The van der Waals surface area contributed by atoms with Crippen molar-refractivity contribution >= 4 is 0 Å². The Balaban J connectivity index is 1.83. The molecule has 2 nitrogen and oxygen atoms in total. The highest BCUT2D eigenvalue weighted by atomic mass is 15.1. The van der Waals surface area contributed by atoms with Crippen LogP contribution >= 0.6 is 0 Å². The number of hydrogen-bond acceptors (Lipinski definition) is 2. The molecule has 106 valence electrons. The van der Waals surface area contributed by atoms with E-state index in [1.54, 1.807) is 0 Å². The molecule has 0 amide bonds. The Morgan fingerprint density at radius 2 is 1.74 bits per heavy atom. The zero-order chi connectivity index (χ0) is 14.0. The lowest BCUT2D eigenvalue weighted by molar-refractivity contribution is 0.183. The third-order valence-electron chi connectivity index (χ3n) is 4.56. The molecule has 0 aromatic heterocycles. The van der Waals surface area contributed by atoms with Crippen molar-refractivity contribution in [3.05, 3.63) is 34.4 Å². The number of rotatable bonds is 5. The van der Waals surface area contributed by atoms with Gasteiger partial charge in [-0.3, -0.25) is 0 Å². The number of benzene rings is 1. The Kier molecular flexibility index (Phi) is 4.64. The molecular weight excluding hydrogens is 232 g/mol. The van der Waals surface area contributed by atoms with Crippen LogP contribution in [0, 0.1) is 26.7 Å². The summed E-state index contributed by atoms with van der Waals surface area (Å²) in [6.45, 7) is 8.98. The summed E-state index contributed by atoms with van der Waals surface area (Å²) in [4.78, 5) is 2.46. The standard InChI is InChI=1S/C17H28N2/c1-12-7-14(3)16(8-13(12)2)5-6-19(4)11-15-9-17(18)10-15/h7-8,15,17H,5-6,9-11,18H2,1-4H3. The predicted molar refractivity (Wildman–Crippen MR) is 82.6 cm³/mol. The largest absolute Gasteiger partial charge is 0.328 e. The Hall–Kier alpha value is -0.860. The highest BCUT2D eigenvalue weighted by Crippen LogP contribution is 2.26. The van der Waals surface area contributed by atoms with Crippen molar-refractivity contribution in [1.82, 2.24) is 4.90 Å². The number of likely N-dealkylation sites (N-methyl/N-ethyl adjacent to an activating group) is 1. The molecule has 0 radical (unpaired) electrons. The summed E-state index contributed by atoms with van der Waals surface area (Å²) in [7, 11) is 2.24. The van der Waals surface area contributed by atoms with Gasteiger partial charge >= 0.3 is 0 Å². The molecule has 0 aliphatic heterocycles. The van der Waals surface area contributed by atoms with Gasteiger partial charge in [0.1, 0.15) is 0 Å². The second-order valence-electron chi connectivity index (χ2n) is 6.47. The van der Waals surface area contributed by atoms with E-state index in [-0.39, 0.29) is 0 Å². The third-order valence-corrected chi connectivity index (χ3v) is 4.56. The van der Waals surface area contributed by atoms with Crippen molar-refractivity contribution in [2.24, 2.45) is 11.7 Å². The molecule has 2 rings (SSSR count). The van der Waals surface area contributed by atoms with Crippen LogP contribution in [0.5, 0.6) is 0 Å². The topological polar surface area (TPSA) is 29.3 Å². The van der Waals surface area contributed by atoms with Crippen LogP contribution in [0.15, 0.2) is 12.1 Å². The van der Waals surface area contributed by atoms with Gasteiger partial charge in [0.25, 0.3) is 0 Å². The fourth-order valence-corrected chi connectivity index (χ4v) is 3.07. The molecule has 1 aliphatic rings. The maximum absolute atomic E-state index is 5.84. The lowest BCUT2D eigenvalue weighted by Gasteiger charge is -2.35. The number of nitrogens with two attached hydrogens (primary N) is 1. The van der Waals surface area contributed by atoms with Gasteiger partial charge < -0.3 is 10.6 Å². The van der Waals surface area contributed by atoms with Gasteiger partial charge in [0.2, 0.25) is 0 Å². The van der Waals surface area contributed by atoms with E-state index in [0.29, 0.717) is 6.04 Å². The second kappa shape index (κ2) is 6.06. The Labute approximate surface area is 118 Å². The van der Waals surface area contributed by atoms with Crippen molar-refractivity contribution in [3.8, 4) is 0 Å². The van der Waals surface area contributed by atoms with Crippen LogP contribution < -0.4 is 5.73 Å². The maximum Gasteiger partial charge on any atom is 0.00450 e. The quantitative estimate of drug-likeness (QED) is 0.882. The summed E-state index contributed by atoms with van der Waals surface area (Å²) < 4.78 is 0. The molecule has 2 heteroatoms. The first-order valence-corrected chi connectivity index (χ1v) is 7.46. The van der Waals surface area contributed by atoms with E-state index in [4.69, 9.17) is 5.73 Å². The molecule has 1 aliphatic carbocycles. The number of aryl methyl sites for hydroxylation is 3. The highest BCUT2D eigenvalue weighted by Gasteiger charge is 2.26. The minimum absolute atomic E-state index is 0.473. The van der Waals surface area contributed by atoms with Gasteiger partial charge in [0.15, 0.2) is 0 Å². The van der Waals surface area contributed by atoms with E-state index in [9.17, 15) is 0 Å². The van der Waals surface area contributed by atoms with Gasteiger partial charge in [-0.1, -0.05) is 12.1 Å². The van der Waals surface area contributed by atoms with Crippen LogP contribution in [0.2, 0.25) is 0 Å². The molecule has 1 aromatic rings. The van der Waals surface area contributed by atoms with E-state index in [1.165, 1.54) is 41.6 Å². The van der Waals surface area contributed by atoms with Gasteiger partial charge in [-0.05, 0) is 75.3 Å². The van der Waals surface area contributed by atoms with E-state index >= 15 is 0 Å². The molecule has 0 atom stereocenters. The van der Waals surface area contributed by atoms with Gasteiger partial charge in [0, 0.05) is 19.1 Å². The lowest BCUT2D eigenvalue weighted by Crippen LogP contribution is -2.42. The van der Waals surface area contributed by atoms with Gasteiger partial charge in [-0.15, -0.1) is 0 Å². The zero-order valence-electron chi connectivity index (χ0n) is 12.9. The Bertz CT molecular complexity index is 433. The smallest absolute Gasteiger partial charge is 0.00450 e. The van der Waals surface area contributed by atoms with Crippen LogP contribution in [-0.2, 0) is 6.42 Å². The molecule has 0 heterocycles. The van der Waals surface area contributed by atoms with E-state index in [1.807, 2.05) is 0 Å². The average Bonchev–Trinajstić information content (AvgIpc) is 2.30. The number of nitrogens with zero attached hydrogens (tertiary/aromatic N) is 1. The maximum atomic E-state index is 5.84. The van der Waals surface area contributed by atoms with Crippen molar-refractivity contribution in [2.75, 3.05) is 20.1 Å². The summed E-state index contributed by atoms with van der Waals surface area (Å²) in [6.07, 6.45) is 3.59. The molecule has 1 saturated carbocycles. The SMILES string of the molecule is Cc1cc(C)c(CCN(C)CC2CC(N)C2)cc1C. The Morgan fingerprint density at radius 3 is 2.37 bits per heavy atom. The van der Waals surface area contributed by atoms with Crippen molar-refractivity contribution < 1.29 is 0 Å². The average molecular weight is 260 g/mol. The fourth-order valence-electron chi connectivity index (χ4n) is 3.07. The highest BCUT2D eigenvalue weighted by molar-refractivity contribution is 5.36. The van der Waals surface area contributed by atoms with E-state index in [2.05, 4.69) is 44.9 Å².